The summed E-state index contributed by atoms with van der Waals surface area (Å²) in [5, 5.41) is 3.21. The third kappa shape index (κ3) is 1.44. The first-order chi connectivity index (χ1) is 5.88. The molecule has 2 aliphatic heterocycles. The average Bonchev–Trinajstić information content (AvgIpc) is 2.03. The Morgan fingerprint density at radius 1 is 1.42 bits per heavy atom. The predicted octanol–water partition coefficient (Wildman–Crippen LogP) is -0.793. The first kappa shape index (κ1) is 8.01. The van der Waals surface area contributed by atoms with Gasteiger partial charge in [-0.1, -0.05) is 0 Å². The van der Waals surface area contributed by atoms with Crippen molar-refractivity contribution in [1.82, 2.24) is 10.2 Å². The summed E-state index contributed by atoms with van der Waals surface area (Å²) in [4.78, 5) is 13.4. The number of nitrogens with one attached hydrogen (secondary N) is 1. The summed E-state index contributed by atoms with van der Waals surface area (Å²) in [6.45, 7) is 4.25. The van der Waals surface area contributed by atoms with E-state index in [-0.39, 0.29) is 12.0 Å². The summed E-state index contributed by atoms with van der Waals surface area (Å²) in [6.07, 6.45) is 0.783. The molecule has 2 heterocycles. The molecular weight excluding hydrogens is 156 g/mol. The summed E-state index contributed by atoms with van der Waals surface area (Å²) >= 11 is 0. The van der Waals surface area contributed by atoms with Crippen LogP contribution in [0.5, 0.6) is 0 Å². The maximum absolute atomic E-state index is 11.6. The molecule has 0 aromatic rings. The van der Waals surface area contributed by atoms with Crippen LogP contribution in [0.1, 0.15) is 6.42 Å². The van der Waals surface area contributed by atoms with E-state index in [1.807, 2.05) is 4.90 Å². The van der Waals surface area contributed by atoms with Gasteiger partial charge in [0.05, 0.1) is 6.61 Å². The maximum Gasteiger partial charge on any atom is 0.251 e. The average molecular weight is 170 g/mol. The summed E-state index contributed by atoms with van der Waals surface area (Å²) in [5.74, 6) is 0.183. The minimum Gasteiger partial charge on any atom is -0.368 e. The zero-order valence-electron chi connectivity index (χ0n) is 7.08. The van der Waals surface area contributed by atoms with E-state index in [0.717, 1.165) is 39.2 Å². The van der Waals surface area contributed by atoms with Crippen LogP contribution >= 0.6 is 0 Å². The van der Waals surface area contributed by atoms with Gasteiger partial charge in [0, 0.05) is 32.6 Å². The van der Waals surface area contributed by atoms with Gasteiger partial charge in [0.25, 0.3) is 5.91 Å². The summed E-state index contributed by atoms with van der Waals surface area (Å²) in [5.41, 5.74) is 0. The lowest BCUT2D eigenvalue weighted by Crippen LogP contribution is -2.52. The fourth-order valence-corrected chi connectivity index (χ4v) is 1.52. The zero-order valence-corrected chi connectivity index (χ0v) is 7.08. The van der Waals surface area contributed by atoms with E-state index in [1.165, 1.54) is 0 Å². The third-order valence-electron chi connectivity index (χ3n) is 2.40. The van der Waals surface area contributed by atoms with Gasteiger partial charge >= 0.3 is 0 Å². The monoisotopic (exact) mass is 170 g/mol. The van der Waals surface area contributed by atoms with Gasteiger partial charge in [0.1, 0.15) is 6.10 Å². The smallest absolute Gasteiger partial charge is 0.251 e. The molecule has 0 aromatic heterocycles. The second kappa shape index (κ2) is 3.41. The molecule has 0 aromatic carbocycles. The van der Waals surface area contributed by atoms with Crippen LogP contribution in [0.15, 0.2) is 0 Å². The van der Waals surface area contributed by atoms with Crippen LogP contribution in [0.2, 0.25) is 0 Å². The van der Waals surface area contributed by atoms with Crippen molar-refractivity contribution < 1.29 is 9.53 Å². The van der Waals surface area contributed by atoms with E-state index in [2.05, 4.69) is 5.32 Å². The Balaban J connectivity index is 1.84. The van der Waals surface area contributed by atoms with Crippen LogP contribution in [-0.2, 0) is 9.53 Å². The molecule has 1 unspecified atom stereocenters. The summed E-state index contributed by atoms with van der Waals surface area (Å²) in [7, 11) is 0. The fraction of sp³-hybridized carbons (Fsp3) is 0.875. The fourth-order valence-electron chi connectivity index (χ4n) is 1.52. The largest absolute Gasteiger partial charge is 0.368 e. The Kier molecular flexibility index (Phi) is 2.28. The second-order valence-electron chi connectivity index (χ2n) is 3.22. The van der Waals surface area contributed by atoms with Crippen molar-refractivity contribution in [3.63, 3.8) is 0 Å². The zero-order chi connectivity index (χ0) is 8.39. The van der Waals surface area contributed by atoms with Crippen molar-refractivity contribution in [2.45, 2.75) is 12.5 Å². The van der Waals surface area contributed by atoms with Crippen LogP contribution in [0.25, 0.3) is 0 Å². The van der Waals surface area contributed by atoms with Gasteiger partial charge in [-0.15, -0.1) is 0 Å². The molecule has 4 heteroatoms. The highest BCUT2D eigenvalue weighted by Gasteiger charge is 2.30. The van der Waals surface area contributed by atoms with Crippen molar-refractivity contribution in [3.05, 3.63) is 0 Å². The lowest BCUT2D eigenvalue weighted by Gasteiger charge is -2.34. The highest BCUT2D eigenvalue weighted by Crippen LogP contribution is 2.14. The quantitative estimate of drug-likeness (QED) is 0.560. The van der Waals surface area contributed by atoms with Crippen molar-refractivity contribution >= 4 is 5.91 Å². The third-order valence-corrected chi connectivity index (χ3v) is 2.40. The number of piperazine rings is 1. The number of ether oxygens (including phenoxy) is 1. The van der Waals surface area contributed by atoms with Gasteiger partial charge in [-0.05, 0) is 0 Å². The number of nitrogens with zero attached hydrogens (tertiary/aromatic N) is 1. The topological polar surface area (TPSA) is 41.6 Å². The van der Waals surface area contributed by atoms with Gasteiger partial charge in [-0.2, -0.15) is 0 Å². The van der Waals surface area contributed by atoms with Crippen LogP contribution < -0.4 is 5.32 Å². The lowest BCUT2D eigenvalue weighted by atomic mass is 10.1. The number of carbonyl (C=O) groups excluding carboxylic acids is 1. The molecule has 12 heavy (non-hydrogen) atoms. The molecule has 1 N–H and O–H groups in total. The number of amides is 1. The van der Waals surface area contributed by atoms with E-state index in [4.69, 9.17) is 4.74 Å². The van der Waals surface area contributed by atoms with E-state index < -0.39 is 0 Å². The highest BCUT2D eigenvalue weighted by atomic mass is 16.5. The van der Waals surface area contributed by atoms with Crippen molar-refractivity contribution in [1.29, 1.82) is 0 Å². The van der Waals surface area contributed by atoms with E-state index in [9.17, 15) is 4.79 Å². The van der Waals surface area contributed by atoms with Crippen LogP contribution in [0.4, 0.5) is 0 Å². The summed E-state index contributed by atoms with van der Waals surface area (Å²) < 4.78 is 5.13. The summed E-state index contributed by atoms with van der Waals surface area (Å²) in [6, 6.07) is 0. The molecule has 4 nitrogen and oxygen atoms in total. The first-order valence-corrected chi connectivity index (χ1v) is 4.49. The van der Waals surface area contributed by atoms with Gasteiger partial charge in [0.15, 0.2) is 0 Å². The second-order valence-corrected chi connectivity index (χ2v) is 3.22. The molecule has 1 atom stereocenters. The molecule has 1 amide bonds. The number of carbonyl (C=O) groups is 1. The molecule has 68 valence electrons. The van der Waals surface area contributed by atoms with Crippen LogP contribution in [0.3, 0.4) is 0 Å². The Bertz CT molecular complexity index is 174. The predicted molar refractivity (Wildman–Crippen MR) is 43.8 cm³/mol. The molecule has 0 aliphatic carbocycles. The molecule has 0 saturated carbocycles. The van der Waals surface area contributed by atoms with E-state index >= 15 is 0 Å². The van der Waals surface area contributed by atoms with Crippen LogP contribution in [0, 0.1) is 0 Å². The Hall–Kier alpha value is -0.610. The minimum atomic E-state index is -0.122. The Morgan fingerprint density at radius 2 is 2.08 bits per heavy atom. The number of rotatable bonds is 1. The Labute approximate surface area is 71.9 Å². The highest BCUT2D eigenvalue weighted by molar-refractivity contribution is 5.81. The number of hydrogen-bond donors (Lipinski definition) is 1. The van der Waals surface area contributed by atoms with Gasteiger partial charge in [-0.25, -0.2) is 0 Å². The standard InChI is InChI=1S/C8H14N2O2/c11-8(7-1-6-12-7)10-4-2-9-3-5-10/h7,9H,1-6H2. The molecular formula is C8H14N2O2. The van der Waals surface area contributed by atoms with E-state index in [0.29, 0.717) is 0 Å². The van der Waals surface area contributed by atoms with E-state index in [1.54, 1.807) is 0 Å². The molecule has 2 rings (SSSR count). The molecule has 2 saturated heterocycles. The Morgan fingerprint density at radius 3 is 2.58 bits per heavy atom. The molecule has 2 aliphatic rings. The molecule has 2 fully saturated rings. The molecule has 0 bridgehead atoms. The van der Waals surface area contributed by atoms with Gasteiger partial charge < -0.3 is 15.0 Å². The normalized spacial score (nSPS) is 29.7. The molecule has 0 spiro atoms. The van der Waals surface area contributed by atoms with Crippen molar-refractivity contribution in [2.24, 2.45) is 0 Å². The first-order valence-electron chi connectivity index (χ1n) is 4.49. The minimum absolute atomic E-state index is 0.122. The lowest BCUT2D eigenvalue weighted by molar-refractivity contribution is -0.156. The molecule has 0 radical (unpaired) electrons. The van der Waals surface area contributed by atoms with Crippen molar-refractivity contribution in [3.8, 4) is 0 Å². The van der Waals surface area contributed by atoms with Gasteiger partial charge in [0.2, 0.25) is 0 Å². The number of hydrogen-bond acceptors (Lipinski definition) is 3. The maximum atomic E-state index is 11.6. The van der Waals surface area contributed by atoms with Gasteiger partial charge in [-0.3, -0.25) is 4.79 Å². The SMILES string of the molecule is O=C(C1CCO1)N1CCNCC1. The van der Waals surface area contributed by atoms with Crippen LogP contribution in [-0.4, -0.2) is 49.7 Å². The van der Waals surface area contributed by atoms with Crippen molar-refractivity contribution in [2.75, 3.05) is 32.8 Å².